The van der Waals surface area contributed by atoms with Gasteiger partial charge in [-0.1, -0.05) is 30.3 Å². The van der Waals surface area contributed by atoms with Gasteiger partial charge in [-0.25, -0.2) is 4.98 Å². The lowest BCUT2D eigenvalue weighted by Crippen LogP contribution is -2.39. The summed E-state index contributed by atoms with van der Waals surface area (Å²) in [4.78, 5) is 34.1. The minimum Gasteiger partial charge on any atom is -0.378 e. The smallest absolute Gasteiger partial charge is 0.378 e. The minimum absolute atomic E-state index is 0.0604. The van der Waals surface area contributed by atoms with E-state index in [9.17, 15) is 22.8 Å². The van der Waals surface area contributed by atoms with E-state index in [1.54, 1.807) is 6.07 Å². The van der Waals surface area contributed by atoms with Crippen molar-refractivity contribution in [3.63, 3.8) is 0 Å². The lowest BCUT2D eigenvalue weighted by atomic mass is 9.89. The third-order valence-electron chi connectivity index (χ3n) is 7.36. The van der Waals surface area contributed by atoms with E-state index in [0.717, 1.165) is 49.4 Å². The quantitative estimate of drug-likeness (QED) is 0.394. The fourth-order valence-electron chi connectivity index (χ4n) is 5.10. The predicted molar refractivity (Wildman–Crippen MR) is 151 cm³/mol. The van der Waals surface area contributed by atoms with Crippen LogP contribution in [0.5, 0.6) is 0 Å². The molecule has 0 radical (unpaired) electrons. The largest absolute Gasteiger partial charge is 0.416 e. The summed E-state index contributed by atoms with van der Waals surface area (Å²) >= 11 is 0. The van der Waals surface area contributed by atoms with Crippen molar-refractivity contribution in [2.24, 2.45) is 0 Å². The van der Waals surface area contributed by atoms with Crippen LogP contribution in [0, 0.1) is 0 Å². The summed E-state index contributed by atoms with van der Waals surface area (Å²) in [6.45, 7) is 4.09. The second kappa shape index (κ2) is 12.6. The number of ether oxygens (including phenoxy) is 1. The van der Waals surface area contributed by atoms with Crippen molar-refractivity contribution in [1.29, 1.82) is 0 Å². The molecule has 0 aliphatic carbocycles. The molecule has 2 aromatic carbocycles. The molecular weight excluding hydrogens is 533 g/mol. The lowest BCUT2D eigenvalue weighted by Gasteiger charge is -2.32. The van der Waals surface area contributed by atoms with Crippen molar-refractivity contribution < 1.29 is 27.5 Å². The monoisotopic (exact) mass is 564 g/mol. The van der Waals surface area contributed by atoms with Crippen LogP contribution in [0.1, 0.15) is 45.9 Å². The highest BCUT2D eigenvalue weighted by Crippen LogP contribution is 2.31. The van der Waals surface area contributed by atoms with Crippen LogP contribution >= 0.6 is 0 Å². The molecular formula is C31H31F3N4O3. The van der Waals surface area contributed by atoms with Gasteiger partial charge in [0, 0.05) is 37.9 Å². The van der Waals surface area contributed by atoms with Crippen LogP contribution in [0.4, 0.5) is 24.7 Å². The summed E-state index contributed by atoms with van der Waals surface area (Å²) in [5.74, 6) is 0.590. The van der Waals surface area contributed by atoms with Gasteiger partial charge in [0.1, 0.15) is 11.5 Å². The van der Waals surface area contributed by atoms with Gasteiger partial charge in [0.25, 0.3) is 5.91 Å². The molecule has 2 aliphatic heterocycles. The first kappa shape index (κ1) is 28.4. The van der Waals surface area contributed by atoms with E-state index in [0.29, 0.717) is 37.7 Å². The molecule has 0 spiro atoms. The van der Waals surface area contributed by atoms with Gasteiger partial charge in [-0.3, -0.25) is 9.59 Å². The zero-order valence-electron chi connectivity index (χ0n) is 22.4. The highest BCUT2D eigenvalue weighted by Gasteiger charge is 2.30. The Hall–Kier alpha value is -4.18. The summed E-state index contributed by atoms with van der Waals surface area (Å²) in [6, 6.07) is 17.9. The number of aromatic nitrogens is 1. The number of rotatable bonds is 6. The molecule has 41 heavy (non-hydrogen) atoms. The summed E-state index contributed by atoms with van der Waals surface area (Å²) in [5.41, 5.74) is 1.69. The molecule has 3 aromatic rings. The number of nitrogens with zero attached hydrogens (tertiary/aromatic N) is 3. The first-order chi connectivity index (χ1) is 19.8. The lowest BCUT2D eigenvalue weighted by molar-refractivity contribution is -0.137. The molecule has 1 aromatic heterocycles. The van der Waals surface area contributed by atoms with E-state index in [1.807, 2.05) is 41.3 Å². The maximum Gasteiger partial charge on any atom is 0.416 e. The van der Waals surface area contributed by atoms with Crippen molar-refractivity contribution in [3.05, 3.63) is 95.2 Å². The second-order valence-corrected chi connectivity index (χ2v) is 10.1. The second-order valence-electron chi connectivity index (χ2n) is 10.1. The predicted octanol–water partition coefficient (Wildman–Crippen LogP) is 5.61. The summed E-state index contributed by atoms with van der Waals surface area (Å²) in [7, 11) is 0. The van der Waals surface area contributed by atoms with E-state index in [2.05, 4.69) is 15.2 Å². The van der Waals surface area contributed by atoms with Crippen molar-refractivity contribution in [3.8, 4) is 0 Å². The number of likely N-dealkylation sites (tertiary alicyclic amines) is 1. The Morgan fingerprint density at radius 1 is 0.927 bits per heavy atom. The Bertz CT molecular complexity index is 1390. The van der Waals surface area contributed by atoms with Gasteiger partial charge in [0.2, 0.25) is 5.91 Å². The Kier molecular flexibility index (Phi) is 8.68. The van der Waals surface area contributed by atoms with E-state index >= 15 is 0 Å². The topological polar surface area (TPSA) is 74.8 Å². The van der Waals surface area contributed by atoms with Crippen LogP contribution in [0.15, 0.2) is 72.8 Å². The van der Waals surface area contributed by atoms with E-state index < -0.39 is 17.6 Å². The molecule has 0 atom stereocenters. The normalized spacial score (nSPS) is 16.7. The molecule has 5 rings (SSSR count). The average Bonchev–Trinajstić information content (AvgIpc) is 3.00. The Balaban J connectivity index is 1.12. The SMILES string of the molecule is O=C(/C=C/c1cccc(C(F)(F)F)c1)Nc1ccc(C2CCN(C(=O)c3cccc(N4CCOCC4)n3)CC2)cc1. The maximum atomic E-state index is 13.2. The average molecular weight is 565 g/mol. The number of pyridine rings is 1. The highest BCUT2D eigenvalue weighted by molar-refractivity contribution is 6.01. The Labute approximate surface area is 236 Å². The number of anilines is 2. The molecule has 2 amide bonds. The number of hydrogen-bond acceptors (Lipinski definition) is 5. The van der Waals surface area contributed by atoms with E-state index in [1.165, 1.54) is 24.3 Å². The van der Waals surface area contributed by atoms with Crippen LogP contribution in [-0.2, 0) is 15.7 Å². The summed E-state index contributed by atoms with van der Waals surface area (Å²) < 4.78 is 44.1. The third kappa shape index (κ3) is 7.32. The molecule has 7 nitrogen and oxygen atoms in total. The van der Waals surface area contributed by atoms with Crippen LogP contribution in [0.2, 0.25) is 0 Å². The van der Waals surface area contributed by atoms with Crippen LogP contribution in [0.3, 0.4) is 0 Å². The van der Waals surface area contributed by atoms with Gasteiger partial charge in [-0.05, 0) is 72.4 Å². The van der Waals surface area contributed by atoms with Gasteiger partial charge in [-0.15, -0.1) is 0 Å². The van der Waals surface area contributed by atoms with Crippen LogP contribution in [-0.4, -0.2) is 61.1 Å². The van der Waals surface area contributed by atoms with Crippen molar-refractivity contribution in [2.45, 2.75) is 24.9 Å². The van der Waals surface area contributed by atoms with Gasteiger partial charge >= 0.3 is 6.18 Å². The zero-order valence-corrected chi connectivity index (χ0v) is 22.4. The molecule has 0 saturated carbocycles. The third-order valence-corrected chi connectivity index (χ3v) is 7.36. The molecule has 3 heterocycles. The first-order valence-electron chi connectivity index (χ1n) is 13.6. The highest BCUT2D eigenvalue weighted by atomic mass is 19.4. The number of halogens is 3. The number of carbonyl (C=O) groups is 2. The fourth-order valence-corrected chi connectivity index (χ4v) is 5.10. The van der Waals surface area contributed by atoms with Crippen molar-refractivity contribution in [2.75, 3.05) is 49.6 Å². The number of morpholine rings is 1. The number of hydrogen-bond donors (Lipinski definition) is 1. The van der Waals surface area contributed by atoms with E-state index in [-0.39, 0.29) is 17.4 Å². The van der Waals surface area contributed by atoms with Gasteiger partial charge < -0.3 is 19.9 Å². The van der Waals surface area contributed by atoms with Crippen molar-refractivity contribution in [1.82, 2.24) is 9.88 Å². The number of benzene rings is 2. The molecule has 2 fully saturated rings. The standard InChI is InChI=1S/C31H31F3N4O3/c32-31(33,34)25-4-1-3-22(21-25)7-12-29(39)35-26-10-8-23(9-11-26)24-13-15-38(16-14-24)30(40)27-5-2-6-28(36-27)37-17-19-41-20-18-37/h1-12,21,24H,13-20H2,(H,35,39)/b12-7+. The molecule has 0 bridgehead atoms. The zero-order chi connectivity index (χ0) is 28.8. The summed E-state index contributed by atoms with van der Waals surface area (Å²) in [6.07, 6.45) is -0.239. The molecule has 214 valence electrons. The number of carbonyl (C=O) groups excluding carboxylic acids is 2. The first-order valence-corrected chi connectivity index (χ1v) is 13.6. The van der Waals surface area contributed by atoms with Gasteiger partial charge in [0.05, 0.1) is 18.8 Å². The van der Waals surface area contributed by atoms with Crippen LogP contribution < -0.4 is 10.2 Å². The van der Waals surface area contributed by atoms with Gasteiger partial charge in [0.15, 0.2) is 0 Å². The number of alkyl halides is 3. The molecule has 10 heteroatoms. The van der Waals surface area contributed by atoms with E-state index in [4.69, 9.17) is 4.74 Å². The fraction of sp³-hybridized carbons (Fsp3) is 0.323. The molecule has 2 saturated heterocycles. The molecule has 1 N–H and O–H groups in total. The Morgan fingerprint density at radius 3 is 2.34 bits per heavy atom. The molecule has 0 unspecified atom stereocenters. The molecule has 2 aliphatic rings. The number of nitrogens with one attached hydrogen (secondary N) is 1. The van der Waals surface area contributed by atoms with Crippen LogP contribution in [0.25, 0.3) is 6.08 Å². The Morgan fingerprint density at radius 2 is 1.63 bits per heavy atom. The summed E-state index contributed by atoms with van der Waals surface area (Å²) in [5, 5.41) is 2.74. The number of piperidine rings is 1. The minimum atomic E-state index is -4.44. The maximum absolute atomic E-state index is 13.2. The van der Waals surface area contributed by atoms with Gasteiger partial charge in [-0.2, -0.15) is 13.2 Å². The van der Waals surface area contributed by atoms with Crippen molar-refractivity contribution >= 4 is 29.4 Å². The number of amides is 2.